The molecular weight excluding hydrogens is 338 g/mol. The van der Waals surface area contributed by atoms with Gasteiger partial charge in [-0.25, -0.2) is 0 Å². The van der Waals surface area contributed by atoms with Gasteiger partial charge >= 0.3 is 0 Å². The number of benzene rings is 1. The molecule has 3 heterocycles. The SMILES string of the molecule is Cn1ncc(Cl)c1C(=O)N1[C@H]2CC[C@@H]1[C@@](CO)(Cc1ccccc1)C2. The maximum atomic E-state index is 13.2. The van der Waals surface area contributed by atoms with Crippen molar-refractivity contribution in [2.24, 2.45) is 12.5 Å². The Morgan fingerprint density at radius 3 is 2.76 bits per heavy atom. The molecule has 1 aromatic heterocycles. The Labute approximate surface area is 152 Å². The number of fused-ring (bicyclic) bond motifs is 2. The normalized spacial score (nSPS) is 27.9. The van der Waals surface area contributed by atoms with Crippen LogP contribution in [0.4, 0.5) is 0 Å². The van der Waals surface area contributed by atoms with Gasteiger partial charge in [0.1, 0.15) is 5.69 Å². The number of aryl methyl sites for hydroxylation is 1. The second-order valence-electron chi connectivity index (χ2n) is 7.31. The summed E-state index contributed by atoms with van der Waals surface area (Å²) < 4.78 is 1.54. The first-order valence-corrected chi connectivity index (χ1v) is 9.08. The molecular formula is C19H22ClN3O2. The fourth-order valence-corrected chi connectivity index (χ4v) is 5.04. The van der Waals surface area contributed by atoms with Gasteiger partial charge in [0.2, 0.25) is 0 Å². The molecule has 6 heteroatoms. The molecule has 0 unspecified atom stereocenters. The quantitative estimate of drug-likeness (QED) is 0.913. The molecule has 1 aromatic carbocycles. The molecule has 2 aliphatic rings. The third-order valence-electron chi connectivity index (χ3n) is 5.90. The minimum atomic E-state index is -0.273. The van der Waals surface area contributed by atoms with Crippen molar-refractivity contribution < 1.29 is 9.90 Å². The third-order valence-corrected chi connectivity index (χ3v) is 6.17. The smallest absolute Gasteiger partial charge is 0.274 e. The zero-order valence-electron chi connectivity index (χ0n) is 14.2. The van der Waals surface area contributed by atoms with Crippen LogP contribution in [-0.4, -0.2) is 44.4 Å². The minimum absolute atomic E-state index is 0.0428. The first-order chi connectivity index (χ1) is 12.1. The number of carbonyl (C=O) groups is 1. The van der Waals surface area contributed by atoms with E-state index < -0.39 is 0 Å². The van der Waals surface area contributed by atoms with E-state index in [0.29, 0.717) is 10.7 Å². The summed E-state index contributed by atoms with van der Waals surface area (Å²) >= 11 is 6.19. The first kappa shape index (κ1) is 16.6. The standard InChI is InChI=1S/C19H22ClN3O2/c1-22-17(15(20)11-21-22)18(25)23-14-7-8-16(23)19(10-14,12-24)9-13-5-3-2-4-6-13/h2-6,11,14,16,24H,7-10,12H2,1H3/t14-,16+,19-/m0/s1. The molecule has 1 amide bonds. The minimum Gasteiger partial charge on any atom is -0.396 e. The first-order valence-electron chi connectivity index (χ1n) is 8.71. The summed E-state index contributed by atoms with van der Waals surface area (Å²) in [7, 11) is 1.74. The van der Waals surface area contributed by atoms with E-state index in [-0.39, 0.29) is 30.0 Å². The largest absolute Gasteiger partial charge is 0.396 e. The van der Waals surface area contributed by atoms with Crippen molar-refractivity contribution in [3.8, 4) is 0 Å². The molecule has 132 valence electrons. The predicted octanol–water partition coefficient (Wildman–Crippen LogP) is 2.67. The summed E-state index contributed by atoms with van der Waals surface area (Å²) in [5.41, 5.74) is 1.37. The number of aliphatic hydroxyl groups is 1. The number of aliphatic hydroxyl groups excluding tert-OH is 1. The summed E-state index contributed by atoms with van der Waals surface area (Å²) in [6, 6.07) is 10.4. The van der Waals surface area contributed by atoms with Crippen molar-refractivity contribution in [3.05, 3.63) is 52.8 Å². The summed E-state index contributed by atoms with van der Waals surface area (Å²) in [5.74, 6) is -0.0686. The predicted molar refractivity (Wildman–Crippen MR) is 95.5 cm³/mol. The number of halogens is 1. The van der Waals surface area contributed by atoms with Crippen molar-refractivity contribution in [1.82, 2.24) is 14.7 Å². The highest BCUT2D eigenvalue weighted by Crippen LogP contribution is 2.51. The van der Waals surface area contributed by atoms with Gasteiger partial charge in [-0.2, -0.15) is 5.10 Å². The number of aromatic nitrogens is 2. The maximum absolute atomic E-state index is 13.2. The lowest BCUT2D eigenvalue weighted by Gasteiger charge is -2.36. The Morgan fingerprint density at radius 2 is 2.12 bits per heavy atom. The molecule has 2 saturated heterocycles. The maximum Gasteiger partial charge on any atom is 0.274 e. The molecule has 0 spiro atoms. The summed E-state index contributed by atoms with van der Waals surface area (Å²) in [6.07, 6.45) is 5.05. The van der Waals surface area contributed by atoms with Gasteiger partial charge in [0.25, 0.3) is 5.91 Å². The molecule has 4 rings (SSSR count). The van der Waals surface area contributed by atoms with Crippen LogP contribution in [-0.2, 0) is 13.5 Å². The van der Waals surface area contributed by atoms with Crippen LogP contribution in [0.1, 0.15) is 35.3 Å². The van der Waals surface area contributed by atoms with Crippen molar-refractivity contribution in [2.75, 3.05) is 6.61 Å². The van der Waals surface area contributed by atoms with Crippen molar-refractivity contribution in [1.29, 1.82) is 0 Å². The van der Waals surface area contributed by atoms with Crippen LogP contribution in [0, 0.1) is 5.41 Å². The van der Waals surface area contributed by atoms with Gasteiger partial charge < -0.3 is 10.0 Å². The lowest BCUT2D eigenvalue weighted by molar-refractivity contribution is 0.0563. The molecule has 0 saturated carbocycles. The van der Waals surface area contributed by atoms with Gasteiger partial charge in [0, 0.05) is 24.5 Å². The summed E-state index contributed by atoms with van der Waals surface area (Å²) in [6.45, 7) is 0.0892. The van der Waals surface area contributed by atoms with Crippen LogP contribution in [0.15, 0.2) is 36.5 Å². The number of hydrogen-bond acceptors (Lipinski definition) is 3. The average Bonchev–Trinajstić information content (AvgIpc) is 3.27. The zero-order chi connectivity index (χ0) is 17.6. The van der Waals surface area contributed by atoms with Crippen LogP contribution >= 0.6 is 11.6 Å². The molecule has 2 bridgehead atoms. The second kappa shape index (κ2) is 6.15. The highest BCUT2D eigenvalue weighted by Gasteiger charge is 2.57. The van der Waals surface area contributed by atoms with Crippen LogP contribution < -0.4 is 0 Å². The van der Waals surface area contributed by atoms with Gasteiger partial charge in [-0.3, -0.25) is 9.48 Å². The van der Waals surface area contributed by atoms with Gasteiger partial charge in [-0.05, 0) is 31.2 Å². The Balaban J connectivity index is 1.65. The monoisotopic (exact) mass is 359 g/mol. The molecule has 3 atom stereocenters. The van der Waals surface area contributed by atoms with E-state index in [9.17, 15) is 9.90 Å². The van der Waals surface area contributed by atoms with E-state index >= 15 is 0 Å². The van der Waals surface area contributed by atoms with Crippen LogP contribution in [0.25, 0.3) is 0 Å². The number of hydrogen-bond donors (Lipinski definition) is 1. The number of carbonyl (C=O) groups excluding carboxylic acids is 1. The molecule has 5 nitrogen and oxygen atoms in total. The van der Waals surface area contributed by atoms with E-state index in [2.05, 4.69) is 17.2 Å². The van der Waals surface area contributed by atoms with E-state index in [1.807, 2.05) is 23.1 Å². The third kappa shape index (κ3) is 2.57. The van der Waals surface area contributed by atoms with Crippen LogP contribution in [0.2, 0.25) is 5.02 Å². The number of nitrogens with zero attached hydrogens (tertiary/aromatic N) is 3. The highest BCUT2D eigenvalue weighted by molar-refractivity contribution is 6.33. The van der Waals surface area contributed by atoms with Gasteiger partial charge in [0.15, 0.2) is 0 Å². The fraction of sp³-hybridized carbons (Fsp3) is 0.474. The van der Waals surface area contributed by atoms with Gasteiger partial charge in [0.05, 0.1) is 17.8 Å². The van der Waals surface area contributed by atoms with Gasteiger partial charge in [-0.15, -0.1) is 0 Å². The molecule has 2 aliphatic heterocycles. The van der Waals surface area contributed by atoms with Crippen molar-refractivity contribution in [2.45, 2.75) is 37.8 Å². The second-order valence-corrected chi connectivity index (χ2v) is 7.72. The van der Waals surface area contributed by atoms with Crippen LogP contribution in [0.3, 0.4) is 0 Å². The topological polar surface area (TPSA) is 58.4 Å². The Hall–Kier alpha value is -1.85. The average molecular weight is 360 g/mol. The summed E-state index contributed by atoms with van der Waals surface area (Å²) in [5, 5.41) is 14.7. The number of amides is 1. The van der Waals surface area contributed by atoms with E-state index in [1.54, 1.807) is 11.7 Å². The lowest BCUT2D eigenvalue weighted by atomic mass is 9.70. The Bertz CT molecular complexity index is 772. The lowest BCUT2D eigenvalue weighted by Crippen LogP contribution is -2.44. The molecule has 0 radical (unpaired) electrons. The molecule has 1 N–H and O–H groups in total. The molecule has 0 aliphatic carbocycles. The van der Waals surface area contributed by atoms with Crippen LogP contribution in [0.5, 0.6) is 0 Å². The molecule has 2 aromatic rings. The Morgan fingerprint density at radius 1 is 1.36 bits per heavy atom. The van der Waals surface area contributed by atoms with E-state index in [0.717, 1.165) is 25.7 Å². The summed E-state index contributed by atoms with van der Waals surface area (Å²) in [4.78, 5) is 15.1. The fourth-order valence-electron chi connectivity index (χ4n) is 4.79. The van der Waals surface area contributed by atoms with E-state index in [4.69, 9.17) is 11.6 Å². The van der Waals surface area contributed by atoms with Crippen molar-refractivity contribution >= 4 is 17.5 Å². The highest BCUT2D eigenvalue weighted by atomic mass is 35.5. The molecule has 2 fully saturated rings. The Kier molecular flexibility index (Phi) is 4.08. The van der Waals surface area contributed by atoms with E-state index in [1.165, 1.54) is 11.8 Å². The zero-order valence-corrected chi connectivity index (χ0v) is 15.0. The van der Waals surface area contributed by atoms with Gasteiger partial charge in [-0.1, -0.05) is 41.9 Å². The number of rotatable bonds is 4. The van der Waals surface area contributed by atoms with Crippen molar-refractivity contribution in [3.63, 3.8) is 0 Å². The molecule has 25 heavy (non-hydrogen) atoms.